The van der Waals surface area contributed by atoms with E-state index in [1.807, 2.05) is 37.3 Å². The van der Waals surface area contributed by atoms with Gasteiger partial charge in [-0.2, -0.15) is 10.2 Å². The summed E-state index contributed by atoms with van der Waals surface area (Å²) < 4.78 is 0. The molecule has 0 unspecified atom stereocenters. The molecule has 22 heavy (non-hydrogen) atoms. The van der Waals surface area contributed by atoms with E-state index in [0.29, 0.717) is 5.69 Å². The molecule has 0 aliphatic heterocycles. The van der Waals surface area contributed by atoms with Crippen molar-refractivity contribution in [3.05, 3.63) is 52.8 Å². The molecule has 1 aliphatic rings. The van der Waals surface area contributed by atoms with Crippen LogP contribution >= 0.6 is 0 Å². The third kappa shape index (κ3) is 2.93. The molecule has 2 aromatic rings. The van der Waals surface area contributed by atoms with Crippen molar-refractivity contribution < 1.29 is 4.79 Å². The molecule has 0 saturated carbocycles. The molecule has 0 saturated heterocycles. The van der Waals surface area contributed by atoms with Crippen LogP contribution in [-0.2, 0) is 12.8 Å². The smallest absolute Gasteiger partial charge is 0.281 e. The summed E-state index contributed by atoms with van der Waals surface area (Å²) >= 11 is 0. The highest BCUT2D eigenvalue weighted by atomic mass is 16.2. The van der Waals surface area contributed by atoms with Crippen LogP contribution in [-0.4, -0.2) is 21.8 Å². The second-order valence-electron chi connectivity index (χ2n) is 5.46. The van der Waals surface area contributed by atoms with Crippen LogP contribution in [0, 0.1) is 0 Å². The first kappa shape index (κ1) is 14.5. The zero-order valence-electron chi connectivity index (χ0n) is 12.7. The lowest BCUT2D eigenvalue weighted by atomic mass is 9.96. The van der Waals surface area contributed by atoms with Gasteiger partial charge in [0.05, 0.1) is 5.71 Å². The molecule has 1 aliphatic carbocycles. The molecule has 114 valence electrons. The quantitative estimate of drug-likeness (QED) is 0.673. The summed E-state index contributed by atoms with van der Waals surface area (Å²) in [6, 6.07) is 9.88. The minimum Gasteiger partial charge on any atom is -0.281 e. The molecule has 1 heterocycles. The Balaban J connectivity index is 1.76. The van der Waals surface area contributed by atoms with Gasteiger partial charge in [0.25, 0.3) is 5.91 Å². The number of hydrogen-bond donors (Lipinski definition) is 2. The van der Waals surface area contributed by atoms with Crippen LogP contribution in [0.2, 0.25) is 0 Å². The van der Waals surface area contributed by atoms with Gasteiger partial charge in [-0.1, -0.05) is 37.3 Å². The molecule has 1 aromatic carbocycles. The first-order valence-electron chi connectivity index (χ1n) is 7.78. The van der Waals surface area contributed by atoms with Gasteiger partial charge in [-0.3, -0.25) is 9.89 Å². The van der Waals surface area contributed by atoms with Gasteiger partial charge < -0.3 is 0 Å². The van der Waals surface area contributed by atoms with Gasteiger partial charge in [-0.15, -0.1) is 0 Å². The first-order chi connectivity index (χ1) is 10.8. The molecule has 2 N–H and O–H groups in total. The average Bonchev–Trinajstić information content (AvgIpc) is 3.00. The van der Waals surface area contributed by atoms with Crippen LogP contribution in [0.5, 0.6) is 0 Å². The van der Waals surface area contributed by atoms with E-state index in [1.54, 1.807) is 0 Å². The Morgan fingerprint density at radius 3 is 2.82 bits per heavy atom. The van der Waals surface area contributed by atoms with Crippen molar-refractivity contribution in [3.63, 3.8) is 0 Å². The summed E-state index contributed by atoms with van der Waals surface area (Å²) in [6.07, 6.45) is 4.91. The van der Waals surface area contributed by atoms with Gasteiger partial charge >= 0.3 is 0 Å². The normalized spacial score (nSPS) is 14.5. The number of fused-ring (bicyclic) bond motifs is 1. The van der Waals surface area contributed by atoms with Crippen molar-refractivity contribution in [2.75, 3.05) is 0 Å². The van der Waals surface area contributed by atoms with Crippen molar-refractivity contribution in [3.8, 4) is 0 Å². The van der Waals surface area contributed by atoms with Gasteiger partial charge in [0, 0.05) is 11.3 Å². The molecule has 1 aromatic heterocycles. The molecule has 0 radical (unpaired) electrons. The number of hydrogen-bond acceptors (Lipinski definition) is 3. The maximum absolute atomic E-state index is 12.3. The lowest BCUT2D eigenvalue weighted by Crippen LogP contribution is -2.22. The Morgan fingerprint density at radius 1 is 1.27 bits per heavy atom. The van der Waals surface area contributed by atoms with Crippen molar-refractivity contribution >= 4 is 11.6 Å². The van der Waals surface area contributed by atoms with E-state index >= 15 is 0 Å². The summed E-state index contributed by atoms with van der Waals surface area (Å²) in [6.45, 7) is 2.02. The molecule has 1 amide bonds. The van der Waals surface area contributed by atoms with Crippen molar-refractivity contribution in [1.82, 2.24) is 15.6 Å². The van der Waals surface area contributed by atoms with E-state index in [-0.39, 0.29) is 5.91 Å². The largest absolute Gasteiger partial charge is 0.292 e. The molecule has 5 nitrogen and oxygen atoms in total. The zero-order valence-corrected chi connectivity index (χ0v) is 12.7. The zero-order chi connectivity index (χ0) is 15.4. The fraction of sp³-hybridized carbons (Fsp3) is 0.353. The van der Waals surface area contributed by atoms with Gasteiger partial charge in [-0.25, -0.2) is 5.43 Å². The molecule has 5 heteroatoms. The van der Waals surface area contributed by atoms with Gasteiger partial charge in [-0.05, 0) is 37.7 Å². The SMILES string of the molecule is CCC(=NNC(=O)c1n[nH]c2c1CCCC2)c1ccccc1. The second kappa shape index (κ2) is 6.56. The van der Waals surface area contributed by atoms with Gasteiger partial charge in [0.2, 0.25) is 0 Å². The van der Waals surface area contributed by atoms with E-state index in [2.05, 4.69) is 20.7 Å². The maximum Gasteiger partial charge on any atom is 0.292 e. The number of hydrazone groups is 1. The third-order valence-electron chi connectivity index (χ3n) is 4.01. The van der Waals surface area contributed by atoms with Crippen LogP contribution in [0.4, 0.5) is 0 Å². The molecule has 0 bridgehead atoms. The van der Waals surface area contributed by atoms with Crippen LogP contribution in [0.3, 0.4) is 0 Å². The Hall–Kier alpha value is -2.43. The number of aromatic nitrogens is 2. The van der Waals surface area contributed by atoms with Crippen LogP contribution in [0.1, 0.15) is 53.5 Å². The summed E-state index contributed by atoms with van der Waals surface area (Å²) in [5.74, 6) is -0.235. The molecule has 0 atom stereocenters. The first-order valence-corrected chi connectivity index (χ1v) is 7.78. The number of amides is 1. The number of carbonyl (C=O) groups excluding carboxylic acids is 1. The lowest BCUT2D eigenvalue weighted by Gasteiger charge is -2.10. The summed E-state index contributed by atoms with van der Waals surface area (Å²) in [5, 5.41) is 11.4. The predicted octanol–water partition coefficient (Wildman–Crippen LogP) is 2.83. The van der Waals surface area contributed by atoms with Crippen molar-refractivity contribution in [1.29, 1.82) is 0 Å². The highest BCUT2D eigenvalue weighted by Crippen LogP contribution is 2.21. The number of carbonyl (C=O) groups is 1. The predicted molar refractivity (Wildman–Crippen MR) is 86.0 cm³/mol. The number of nitrogens with zero attached hydrogens (tertiary/aromatic N) is 2. The molecular weight excluding hydrogens is 276 g/mol. The van der Waals surface area contributed by atoms with Crippen molar-refractivity contribution in [2.24, 2.45) is 5.10 Å². The summed E-state index contributed by atoms with van der Waals surface area (Å²) in [7, 11) is 0. The van der Waals surface area contributed by atoms with Crippen LogP contribution in [0.15, 0.2) is 35.4 Å². The van der Waals surface area contributed by atoms with Gasteiger partial charge in [0.15, 0.2) is 5.69 Å². The molecule has 0 fully saturated rings. The maximum atomic E-state index is 12.3. The Bertz CT molecular complexity index is 688. The van der Waals surface area contributed by atoms with E-state index in [9.17, 15) is 4.79 Å². The number of rotatable bonds is 4. The topological polar surface area (TPSA) is 70.1 Å². The van der Waals surface area contributed by atoms with E-state index in [0.717, 1.165) is 54.6 Å². The average molecular weight is 296 g/mol. The fourth-order valence-corrected chi connectivity index (χ4v) is 2.82. The molecule has 3 rings (SSSR count). The standard InChI is InChI=1S/C17H20N4O/c1-2-14(12-8-4-3-5-9-12)18-21-17(22)16-13-10-6-7-11-15(13)19-20-16/h3-5,8-9H,2,6-7,10-11H2,1H3,(H,19,20)(H,21,22). The molecule has 0 spiro atoms. The fourth-order valence-electron chi connectivity index (χ4n) is 2.82. The van der Waals surface area contributed by atoms with E-state index in [4.69, 9.17) is 0 Å². The van der Waals surface area contributed by atoms with Crippen molar-refractivity contribution in [2.45, 2.75) is 39.0 Å². The summed E-state index contributed by atoms with van der Waals surface area (Å²) in [5.41, 5.74) is 7.17. The number of nitrogens with one attached hydrogen (secondary N) is 2. The Labute approximate surface area is 129 Å². The minimum absolute atomic E-state index is 0.235. The van der Waals surface area contributed by atoms with Gasteiger partial charge in [0.1, 0.15) is 0 Å². The van der Waals surface area contributed by atoms with E-state index in [1.165, 1.54) is 0 Å². The number of aromatic amines is 1. The highest BCUT2D eigenvalue weighted by Gasteiger charge is 2.21. The third-order valence-corrected chi connectivity index (χ3v) is 4.01. The van der Waals surface area contributed by atoms with Crippen LogP contribution < -0.4 is 5.43 Å². The van der Waals surface area contributed by atoms with E-state index < -0.39 is 0 Å². The molecular formula is C17H20N4O. The second-order valence-corrected chi connectivity index (χ2v) is 5.46. The minimum atomic E-state index is -0.235. The summed E-state index contributed by atoms with van der Waals surface area (Å²) in [4.78, 5) is 12.3. The number of aryl methyl sites for hydroxylation is 1. The number of H-pyrrole nitrogens is 1. The van der Waals surface area contributed by atoms with Crippen LogP contribution in [0.25, 0.3) is 0 Å². The lowest BCUT2D eigenvalue weighted by molar-refractivity contribution is 0.0948. The monoisotopic (exact) mass is 296 g/mol. The number of benzene rings is 1. The Morgan fingerprint density at radius 2 is 2.05 bits per heavy atom. The Kier molecular flexibility index (Phi) is 4.32. The highest BCUT2D eigenvalue weighted by molar-refractivity contribution is 6.02.